The number of nitrogens with two attached hydrogens (primary N) is 1. The molecule has 1 aromatic carbocycles. The summed E-state index contributed by atoms with van der Waals surface area (Å²) in [6.45, 7) is 0.376. The van der Waals surface area contributed by atoms with E-state index in [0.29, 0.717) is 22.8 Å². The molecular weight excluding hydrogens is 176 g/mol. The lowest BCUT2D eigenvalue weighted by Gasteiger charge is -2.02. The lowest BCUT2D eigenvalue weighted by atomic mass is 9.79. The van der Waals surface area contributed by atoms with Gasteiger partial charge in [0, 0.05) is 16.2 Å². The minimum Gasteiger partial charge on any atom is -0.423 e. The second kappa shape index (κ2) is 2.66. The molecule has 0 amide bonds. The van der Waals surface area contributed by atoms with Crippen molar-refractivity contribution in [2.45, 2.75) is 6.61 Å². The lowest BCUT2D eigenvalue weighted by Crippen LogP contribution is -2.29. The van der Waals surface area contributed by atoms with Gasteiger partial charge < -0.3 is 15.4 Å². The van der Waals surface area contributed by atoms with Crippen molar-refractivity contribution >= 4 is 29.9 Å². The van der Waals surface area contributed by atoms with E-state index in [0.717, 1.165) is 5.56 Å². The molecule has 1 aliphatic rings. The maximum atomic E-state index is 9.31. The molecule has 3 N–H and O–H groups in total. The first-order valence-corrected chi connectivity index (χ1v) is 3.94. The molecule has 0 aromatic heterocycles. The van der Waals surface area contributed by atoms with Gasteiger partial charge in [0.1, 0.15) is 0 Å². The van der Waals surface area contributed by atoms with Gasteiger partial charge in [0.15, 0.2) is 0 Å². The quantitative estimate of drug-likeness (QED) is 0.444. The fraction of sp³-hybridized carbons (Fsp3) is 0.143. The summed E-state index contributed by atoms with van der Waals surface area (Å²) in [4.78, 5) is 0. The van der Waals surface area contributed by atoms with Gasteiger partial charge in [-0.15, -0.1) is 0 Å². The van der Waals surface area contributed by atoms with Gasteiger partial charge >= 0.3 is 7.12 Å². The van der Waals surface area contributed by atoms with E-state index in [4.69, 9.17) is 22.0 Å². The fourth-order valence-electron chi connectivity index (χ4n) is 1.35. The van der Waals surface area contributed by atoms with Crippen molar-refractivity contribution in [2.75, 3.05) is 5.73 Å². The highest BCUT2D eigenvalue weighted by Gasteiger charge is 2.29. The minimum atomic E-state index is -0.895. The van der Waals surface area contributed by atoms with Crippen LogP contribution in [0.5, 0.6) is 0 Å². The summed E-state index contributed by atoms with van der Waals surface area (Å²) in [5, 5.41) is 9.77. The van der Waals surface area contributed by atoms with Crippen molar-refractivity contribution in [3.8, 4) is 0 Å². The third kappa shape index (κ3) is 1.08. The zero-order chi connectivity index (χ0) is 8.72. The normalized spacial score (nSPS) is 15.0. The second-order valence-corrected chi connectivity index (χ2v) is 3.15. The van der Waals surface area contributed by atoms with Crippen LogP contribution in [0.4, 0.5) is 5.69 Å². The molecule has 12 heavy (non-hydrogen) atoms. The summed E-state index contributed by atoms with van der Waals surface area (Å²) in [7, 11) is -0.895. The first kappa shape index (κ1) is 7.92. The Labute approximate surface area is 75.2 Å². The molecule has 3 nitrogen and oxygen atoms in total. The van der Waals surface area contributed by atoms with E-state index in [1.807, 2.05) is 0 Å². The van der Waals surface area contributed by atoms with Gasteiger partial charge in [0.05, 0.1) is 6.61 Å². The van der Waals surface area contributed by atoms with Gasteiger partial charge in [-0.3, -0.25) is 0 Å². The van der Waals surface area contributed by atoms with Gasteiger partial charge in [0.2, 0.25) is 0 Å². The molecular formula is C7H7BClNO2. The minimum absolute atomic E-state index is 0.376. The van der Waals surface area contributed by atoms with E-state index < -0.39 is 7.12 Å². The molecule has 0 aliphatic carbocycles. The molecule has 5 heteroatoms. The third-order valence-electron chi connectivity index (χ3n) is 1.88. The summed E-state index contributed by atoms with van der Waals surface area (Å²) >= 11 is 5.85. The Kier molecular flexibility index (Phi) is 1.75. The third-order valence-corrected chi connectivity index (χ3v) is 2.19. The monoisotopic (exact) mass is 183 g/mol. The van der Waals surface area contributed by atoms with Gasteiger partial charge in [-0.1, -0.05) is 11.6 Å². The van der Waals surface area contributed by atoms with Gasteiger partial charge in [-0.25, -0.2) is 0 Å². The zero-order valence-corrected chi connectivity index (χ0v) is 7.01. The van der Waals surface area contributed by atoms with Crippen LogP contribution in [0.2, 0.25) is 5.02 Å². The predicted octanol–water partition coefficient (Wildman–Crippen LogP) is 0.140. The largest absolute Gasteiger partial charge is 0.493 e. The molecule has 0 saturated heterocycles. The van der Waals surface area contributed by atoms with Crippen LogP contribution in [-0.4, -0.2) is 12.1 Å². The van der Waals surface area contributed by atoms with E-state index in [1.165, 1.54) is 0 Å². The Balaban J connectivity index is 2.60. The number of hydrogen-bond acceptors (Lipinski definition) is 3. The molecule has 0 unspecified atom stereocenters. The smallest absolute Gasteiger partial charge is 0.423 e. The first-order chi connectivity index (χ1) is 5.68. The Morgan fingerprint density at radius 1 is 1.58 bits per heavy atom. The highest BCUT2D eigenvalue weighted by atomic mass is 35.5. The molecule has 0 bridgehead atoms. The van der Waals surface area contributed by atoms with Crippen molar-refractivity contribution in [3.63, 3.8) is 0 Å². The number of nitrogen functional groups attached to an aromatic ring is 1. The van der Waals surface area contributed by atoms with Crippen LogP contribution in [-0.2, 0) is 11.3 Å². The van der Waals surface area contributed by atoms with Crippen LogP contribution in [0.15, 0.2) is 12.1 Å². The topological polar surface area (TPSA) is 55.5 Å². The molecule has 2 rings (SSSR count). The number of anilines is 1. The van der Waals surface area contributed by atoms with Gasteiger partial charge in [0.25, 0.3) is 0 Å². The number of hydrogen-bond donors (Lipinski definition) is 2. The highest BCUT2D eigenvalue weighted by molar-refractivity contribution is 6.65. The molecule has 1 aliphatic heterocycles. The molecule has 0 fully saturated rings. The van der Waals surface area contributed by atoms with Gasteiger partial charge in [-0.2, -0.15) is 0 Å². The van der Waals surface area contributed by atoms with Crippen molar-refractivity contribution in [1.82, 2.24) is 0 Å². The first-order valence-electron chi connectivity index (χ1n) is 3.56. The molecule has 0 saturated carbocycles. The molecule has 0 spiro atoms. The number of fused-ring (bicyclic) bond motifs is 1. The maximum Gasteiger partial charge on any atom is 0.493 e. The summed E-state index contributed by atoms with van der Waals surface area (Å²) in [5.41, 5.74) is 7.66. The summed E-state index contributed by atoms with van der Waals surface area (Å²) in [6, 6.07) is 3.37. The summed E-state index contributed by atoms with van der Waals surface area (Å²) in [6.07, 6.45) is 0. The summed E-state index contributed by atoms with van der Waals surface area (Å²) < 4.78 is 4.97. The Bertz CT molecular complexity index is 331. The van der Waals surface area contributed by atoms with Crippen molar-refractivity contribution in [1.29, 1.82) is 0 Å². The lowest BCUT2D eigenvalue weighted by molar-refractivity contribution is 0.275. The van der Waals surface area contributed by atoms with E-state index >= 15 is 0 Å². The number of halogens is 1. The average molecular weight is 183 g/mol. The van der Waals surface area contributed by atoms with Crippen LogP contribution >= 0.6 is 11.6 Å². The molecule has 1 heterocycles. The van der Waals surface area contributed by atoms with Crippen molar-refractivity contribution in [3.05, 3.63) is 22.7 Å². The standard InChI is InChI=1S/C7H7BClNO2/c9-6-2-5(10)1-4-3-12-8(11)7(4)6/h1-2,11H,3,10H2. The summed E-state index contributed by atoms with van der Waals surface area (Å²) in [5.74, 6) is 0. The SMILES string of the molecule is Nc1cc(Cl)c2c(c1)COB2O. The van der Waals surface area contributed by atoms with Crippen LogP contribution in [0.25, 0.3) is 0 Å². The van der Waals surface area contributed by atoms with Crippen LogP contribution in [0, 0.1) is 0 Å². The molecule has 1 aromatic rings. The van der Waals surface area contributed by atoms with E-state index in [2.05, 4.69) is 0 Å². The second-order valence-electron chi connectivity index (χ2n) is 2.74. The van der Waals surface area contributed by atoms with Crippen LogP contribution in [0.1, 0.15) is 5.56 Å². The van der Waals surface area contributed by atoms with Crippen molar-refractivity contribution < 1.29 is 9.68 Å². The average Bonchev–Trinajstić information content (AvgIpc) is 2.31. The van der Waals surface area contributed by atoms with Gasteiger partial charge in [-0.05, 0) is 17.7 Å². The number of benzene rings is 1. The molecule has 0 atom stereocenters. The highest BCUT2D eigenvalue weighted by Crippen LogP contribution is 2.20. The molecule has 62 valence electrons. The van der Waals surface area contributed by atoms with Crippen molar-refractivity contribution in [2.24, 2.45) is 0 Å². The van der Waals surface area contributed by atoms with Crippen LogP contribution in [0.3, 0.4) is 0 Å². The van der Waals surface area contributed by atoms with E-state index in [1.54, 1.807) is 12.1 Å². The Hall–Kier alpha value is -0.705. The fourth-order valence-corrected chi connectivity index (χ4v) is 1.69. The zero-order valence-electron chi connectivity index (χ0n) is 6.25. The Morgan fingerprint density at radius 2 is 2.33 bits per heavy atom. The Morgan fingerprint density at radius 3 is 3.08 bits per heavy atom. The predicted molar refractivity (Wildman–Crippen MR) is 48.3 cm³/mol. The van der Waals surface area contributed by atoms with E-state index in [-0.39, 0.29) is 0 Å². The number of rotatable bonds is 0. The maximum absolute atomic E-state index is 9.31. The molecule has 0 radical (unpaired) electrons. The van der Waals surface area contributed by atoms with E-state index in [9.17, 15) is 5.02 Å². The van der Waals surface area contributed by atoms with Crippen LogP contribution < -0.4 is 11.2 Å².